The maximum Gasteiger partial charge on any atom is 0.288 e. The number of amides is 1. The third-order valence-corrected chi connectivity index (χ3v) is 5.22. The van der Waals surface area contributed by atoms with E-state index in [2.05, 4.69) is 17.1 Å². The van der Waals surface area contributed by atoms with Crippen molar-refractivity contribution in [1.29, 1.82) is 0 Å². The third kappa shape index (κ3) is 5.05. The number of nitrogens with one attached hydrogen (secondary N) is 1. The number of halogens is 1. The second kappa shape index (κ2) is 8.50. The highest BCUT2D eigenvalue weighted by atomic mass is 35.5. The highest BCUT2D eigenvalue weighted by Gasteiger charge is 2.17. The summed E-state index contributed by atoms with van der Waals surface area (Å²) in [6, 6.07) is 11.7. The Morgan fingerprint density at radius 2 is 1.89 bits per heavy atom. The van der Waals surface area contributed by atoms with Gasteiger partial charge >= 0.3 is 0 Å². The first-order valence-electron chi connectivity index (χ1n) is 8.99. The quantitative estimate of drug-likeness (QED) is 0.594. The van der Waals surface area contributed by atoms with Gasteiger partial charge in [0.25, 0.3) is 11.6 Å². The Kier molecular flexibility index (Phi) is 6.08. The lowest BCUT2D eigenvalue weighted by Crippen LogP contribution is -2.32. The zero-order valence-corrected chi connectivity index (χ0v) is 15.9. The van der Waals surface area contributed by atoms with Crippen LogP contribution in [0.4, 0.5) is 11.4 Å². The molecule has 142 valence electrons. The topological polar surface area (TPSA) is 75.5 Å². The number of anilines is 1. The number of hydrogen-bond acceptors (Lipinski definition) is 4. The summed E-state index contributed by atoms with van der Waals surface area (Å²) in [6.07, 6.45) is 2.47. The zero-order valence-electron chi connectivity index (χ0n) is 15.2. The zero-order chi connectivity index (χ0) is 19.4. The number of carbonyl (C=O) groups is 1. The van der Waals surface area contributed by atoms with E-state index in [1.807, 2.05) is 24.3 Å². The highest BCUT2D eigenvalue weighted by Crippen LogP contribution is 2.25. The van der Waals surface area contributed by atoms with Gasteiger partial charge in [0.2, 0.25) is 0 Å². The van der Waals surface area contributed by atoms with Crippen LogP contribution in [0.5, 0.6) is 0 Å². The van der Waals surface area contributed by atoms with Gasteiger partial charge in [-0.1, -0.05) is 30.7 Å². The smallest absolute Gasteiger partial charge is 0.288 e. The Bertz CT molecular complexity index is 831. The summed E-state index contributed by atoms with van der Waals surface area (Å²) in [7, 11) is 0. The average Bonchev–Trinajstić information content (AvgIpc) is 2.65. The molecule has 1 amide bonds. The molecule has 0 aromatic heterocycles. The number of piperidine rings is 1. The van der Waals surface area contributed by atoms with Crippen molar-refractivity contribution in [2.24, 2.45) is 5.92 Å². The molecule has 0 radical (unpaired) electrons. The van der Waals surface area contributed by atoms with Crippen LogP contribution in [-0.4, -0.2) is 28.8 Å². The van der Waals surface area contributed by atoms with E-state index < -0.39 is 10.8 Å². The molecule has 0 unspecified atom stereocenters. The molecule has 1 aliphatic rings. The monoisotopic (exact) mass is 387 g/mol. The van der Waals surface area contributed by atoms with E-state index in [0.29, 0.717) is 5.69 Å². The minimum absolute atomic E-state index is 0.00742. The van der Waals surface area contributed by atoms with Crippen LogP contribution in [0.25, 0.3) is 0 Å². The van der Waals surface area contributed by atoms with Gasteiger partial charge in [0.1, 0.15) is 5.02 Å². The van der Waals surface area contributed by atoms with Crippen LogP contribution in [0, 0.1) is 16.0 Å². The Morgan fingerprint density at radius 3 is 2.52 bits per heavy atom. The number of nitrogens with zero attached hydrogens (tertiary/aromatic N) is 2. The van der Waals surface area contributed by atoms with Crippen molar-refractivity contribution in [2.45, 2.75) is 26.3 Å². The molecule has 0 atom stereocenters. The molecule has 0 aliphatic carbocycles. The Balaban J connectivity index is 1.62. The fourth-order valence-electron chi connectivity index (χ4n) is 3.17. The van der Waals surface area contributed by atoms with Crippen LogP contribution in [0.2, 0.25) is 5.02 Å². The predicted octanol–water partition coefficient (Wildman–Crippen LogP) is 4.73. The number of nitro groups is 1. The molecule has 3 rings (SSSR count). The molecule has 1 N–H and O–H groups in total. The maximum absolute atomic E-state index is 12.3. The predicted molar refractivity (Wildman–Crippen MR) is 106 cm³/mol. The first kappa shape index (κ1) is 19.3. The number of carbonyl (C=O) groups excluding carboxylic acids is 1. The van der Waals surface area contributed by atoms with Crippen LogP contribution < -0.4 is 5.32 Å². The molecule has 6 nitrogen and oxygen atoms in total. The summed E-state index contributed by atoms with van der Waals surface area (Å²) in [5, 5.41) is 13.7. The fourth-order valence-corrected chi connectivity index (χ4v) is 3.36. The summed E-state index contributed by atoms with van der Waals surface area (Å²) < 4.78 is 0. The summed E-state index contributed by atoms with van der Waals surface area (Å²) >= 11 is 5.78. The molecular weight excluding hydrogens is 366 g/mol. The van der Waals surface area contributed by atoms with E-state index in [9.17, 15) is 14.9 Å². The van der Waals surface area contributed by atoms with Gasteiger partial charge in [0.05, 0.1) is 4.92 Å². The van der Waals surface area contributed by atoms with Gasteiger partial charge in [-0.15, -0.1) is 0 Å². The van der Waals surface area contributed by atoms with Crippen molar-refractivity contribution in [3.8, 4) is 0 Å². The van der Waals surface area contributed by atoms with Gasteiger partial charge in [-0.05, 0) is 61.7 Å². The number of nitro benzene ring substituents is 1. The van der Waals surface area contributed by atoms with E-state index in [1.54, 1.807) is 0 Å². The van der Waals surface area contributed by atoms with Crippen LogP contribution in [-0.2, 0) is 6.54 Å². The molecule has 2 aromatic carbocycles. The van der Waals surface area contributed by atoms with Crippen molar-refractivity contribution in [3.63, 3.8) is 0 Å². The largest absolute Gasteiger partial charge is 0.322 e. The first-order chi connectivity index (χ1) is 12.9. The fraction of sp³-hybridized carbons (Fsp3) is 0.350. The van der Waals surface area contributed by atoms with Gasteiger partial charge in [-0.3, -0.25) is 19.8 Å². The van der Waals surface area contributed by atoms with Crippen LogP contribution in [0.15, 0.2) is 42.5 Å². The van der Waals surface area contributed by atoms with Gasteiger partial charge < -0.3 is 5.32 Å². The van der Waals surface area contributed by atoms with Gasteiger partial charge in [0.15, 0.2) is 0 Å². The average molecular weight is 388 g/mol. The molecule has 27 heavy (non-hydrogen) atoms. The maximum atomic E-state index is 12.3. The first-order valence-corrected chi connectivity index (χ1v) is 9.37. The molecule has 2 aromatic rings. The lowest BCUT2D eigenvalue weighted by atomic mass is 9.99. The summed E-state index contributed by atoms with van der Waals surface area (Å²) in [6.45, 7) is 5.44. The normalized spacial score (nSPS) is 15.5. The molecule has 1 fully saturated rings. The number of benzene rings is 2. The van der Waals surface area contributed by atoms with Crippen molar-refractivity contribution >= 4 is 28.9 Å². The van der Waals surface area contributed by atoms with Gasteiger partial charge in [-0.25, -0.2) is 0 Å². The van der Waals surface area contributed by atoms with Gasteiger partial charge in [0, 0.05) is 23.9 Å². The molecule has 1 aliphatic heterocycles. The molecule has 7 heteroatoms. The minimum atomic E-state index is -0.602. The molecule has 0 saturated carbocycles. The Labute approximate surface area is 163 Å². The third-order valence-electron chi connectivity index (χ3n) is 4.90. The van der Waals surface area contributed by atoms with Crippen molar-refractivity contribution < 1.29 is 9.72 Å². The Hall–Kier alpha value is -2.44. The van der Waals surface area contributed by atoms with Crippen molar-refractivity contribution in [2.75, 3.05) is 18.4 Å². The Morgan fingerprint density at radius 1 is 1.22 bits per heavy atom. The number of rotatable bonds is 5. The van der Waals surface area contributed by atoms with E-state index in [4.69, 9.17) is 11.6 Å². The molecule has 0 spiro atoms. The second-order valence-corrected chi connectivity index (χ2v) is 7.44. The SMILES string of the molecule is CC1CCN(Cc2ccc(NC(=O)c3ccc(Cl)c([N+](=O)[O-])c3)cc2)CC1. The van der Waals surface area contributed by atoms with E-state index in [0.717, 1.165) is 25.6 Å². The molecule has 1 saturated heterocycles. The summed E-state index contributed by atoms with van der Waals surface area (Å²) in [5.74, 6) is 0.398. The van der Waals surface area contributed by atoms with E-state index in [1.165, 1.54) is 36.6 Å². The summed E-state index contributed by atoms with van der Waals surface area (Å²) in [4.78, 5) is 25.1. The highest BCUT2D eigenvalue weighted by molar-refractivity contribution is 6.32. The van der Waals surface area contributed by atoms with Crippen LogP contribution in [0.1, 0.15) is 35.7 Å². The molecular formula is C20H22ClN3O3. The standard InChI is InChI=1S/C20H22ClN3O3/c1-14-8-10-23(11-9-14)13-15-2-5-17(6-3-15)22-20(25)16-4-7-18(21)19(12-16)24(26)27/h2-7,12,14H,8-11,13H2,1H3,(H,22,25). The van der Waals surface area contributed by atoms with Crippen molar-refractivity contribution in [1.82, 2.24) is 4.90 Å². The minimum Gasteiger partial charge on any atom is -0.322 e. The van der Waals surface area contributed by atoms with Crippen molar-refractivity contribution in [3.05, 3.63) is 68.7 Å². The molecule has 1 heterocycles. The van der Waals surface area contributed by atoms with E-state index in [-0.39, 0.29) is 16.3 Å². The van der Waals surface area contributed by atoms with Gasteiger partial charge in [-0.2, -0.15) is 0 Å². The lowest BCUT2D eigenvalue weighted by Gasteiger charge is -2.30. The molecule has 0 bridgehead atoms. The summed E-state index contributed by atoms with van der Waals surface area (Å²) in [5.41, 5.74) is 1.76. The lowest BCUT2D eigenvalue weighted by molar-refractivity contribution is -0.384. The second-order valence-electron chi connectivity index (χ2n) is 7.03. The number of likely N-dealkylation sites (tertiary alicyclic amines) is 1. The van der Waals surface area contributed by atoms with Crippen LogP contribution >= 0.6 is 11.6 Å². The number of hydrogen-bond donors (Lipinski definition) is 1. The van der Waals surface area contributed by atoms with Crippen LogP contribution in [0.3, 0.4) is 0 Å². The van der Waals surface area contributed by atoms with E-state index >= 15 is 0 Å².